The van der Waals surface area contributed by atoms with Gasteiger partial charge in [-0.25, -0.2) is 4.39 Å². The van der Waals surface area contributed by atoms with Crippen LogP contribution in [0.25, 0.3) is 0 Å². The molecule has 124 valence electrons. The number of hydrogen-bond acceptors (Lipinski definition) is 1. The van der Waals surface area contributed by atoms with Crippen molar-refractivity contribution < 1.29 is 9.18 Å². The van der Waals surface area contributed by atoms with Crippen LogP contribution in [0.4, 0.5) is 10.1 Å². The summed E-state index contributed by atoms with van der Waals surface area (Å²) < 4.78 is 13.1. The van der Waals surface area contributed by atoms with E-state index < -0.39 is 0 Å². The number of halogens is 1. The number of para-hydroxylation sites is 1. The molecule has 0 N–H and O–H groups in total. The molecule has 25 heavy (non-hydrogen) atoms. The molecule has 0 saturated heterocycles. The zero-order valence-electron chi connectivity index (χ0n) is 13.7. The molecular formula is C22H18FNO. The molecular weight excluding hydrogens is 313 g/mol. The number of anilines is 1. The zero-order chi connectivity index (χ0) is 17.2. The van der Waals surface area contributed by atoms with Crippen LogP contribution in [0, 0.1) is 5.82 Å². The van der Waals surface area contributed by atoms with Gasteiger partial charge in [0.25, 0.3) is 0 Å². The van der Waals surface area contributed by atoms with E-state index in [0.717, 1.165) is 22.4 Å². The Labute approximate surface area is 146 Å². The van der Waals surface area contributed by atoms with Gasteiger partial charge in [-0.3, -0.25) is 4.79 Å². The Balaban J connectivity index is 1.65. The highest BCUT2D eigenvalue weighted by Crippen LogP contribution is 2.39. The van der Waals surface area contributed by atoms with Crippen LogP contribution in [0.5, 0.6) is 0 Å². The minimum absolute atomic E-state index is 0.106. The number of carbonyl (C=O) groups excluding carboxylic acids is 1. The van der Waals surface area contributed by atoms with Crippen LogP contribution >= 0.6 is 0 Å². The van der Waals surface area contributed by atoms with Crippen LogP contribution in [0.3, 0.4) is 0 Å². The Kier molecular flexibility index (Phi) is 4.06. The van der Waals surface area contributed by atoms with E-state index in [4.69, 9.17) is 0 Å². The molecule has 1 aliphatic heterocycles. The van der Waals surface area contributed by atoms with Crippen molar-refractivity contribution >= 4 is 11.6 Å². The lowest BCUT2D eigenvalue weighted by atomic mass is 9.93. The first kappa shape index (κ1) is 15.6. The van der Waals surface area contributed by atoms with Crippen molar-refractivity contribution in [2.75, 3.05) is 4.90 Å². The largest absolute Gasteiger partial charge is 0.307 e. The third-order valence-corrected chi connectivity index (χ3v) is 4.70. The number of nitrogens with zero attached hydrogens (tertiary/aromatic N) is 1. The molecule has 0 aromatic heterocycles. The fourth-order valence-electron chi connectivity index (χ4n) is 3.45. The van der Waals surface area contributed by atoms with Crippen molar-refractivity contribution in [1.29, 1.82) is 0 Å². The van der Waals surface area contributed by atoms with Gasteiger partial charge in [-0.05, 0) is 41.3 Å². The minimum Gasteiger partial charge on any atom is -0.307 e. The van der Waals surface area contributed by atoms with Crippen LogP contribution in [0.1, 0.15) is 22.6 Å². The van der Waals surface area contributed by atoms with Crippen LogP contribution in [0.2, 0.25) is 0 Å². The molecule has 0 saturated carbocycles. The van der Waals surface area contributed by atoms with Gasteiger partial charge in [-0.1, -0.05) is 60.7 Å². The van der Waals surface area contributed by atoms with Crippen LogP contribution < -0.4 is 4.90 Å². The van der Waals surface area contributed by atoms with Crippen LogP contribution in [0.15, 0.2) is 78.9 Å². The van der Waals surface area contributed by atoms with E-state index in [1.807, 2.05) is 47.4 Å². The minimum atomic E-state index is -0.265. The zero-order valence-corrected chi connectivity index (χ0v) is 13.7. The number of amides is 1. The number of carbonyl (C=O) groups is 1. The summed E-state index contributed by atoms with van der Waals surface area (Å²) in [5.74, 6) is -0.327. The predicted octanol–water partition coefficient (Wildman–Crippen LogP) is 4.70. The molecule has 1 heterocycles. The van der Waals surface area contributed by atoms with Gasteiger partial charge in [0.05, 0.1) is 12.5 Å². The highest BCUT2D eigenvalue weighted by atomic mass is 19.1. The smallest absolute Gasteiger partial charge is 0.235 e. The fraction of sp³-hybridized carbons (Fsp3) is 0.136. The van der Waals surface area contributed by atoms with Gasteiger partial charge in [0.2, 0.25) is 5.91 Å². The molecule has 0 radical (unpaired) electrons. The molecule has 4 rings (SSSR count). The molecule has 3 heteroatoms. The molecule has 1 amide bonds. The normalized spacial score (nSPS) is 16.1. The van der Waals surface area contributed by atoms with Crippen molar-refractivity contribution in [2.24, 2.45) is 0 Å². The summed E-state index contributed by atoms with van der Waals surface area (Å²) in [6.45, 7) is 0.460. The first-order valence-corrected chi connectivity index (χ1v) is 8.41. The molecule has 0 spiro atoms. The van der Waals surface area contributed by atoms with Crippen LogP contribution in [-0.4, -0.2) is 5.91 Å². The summed E-state index contributed by atoms with van der Waals surface area (Å²) >= 11 is 0. The lowest BCUT2D eigenvalue weighted by molar-refractivity contribution is -0.119. The highest BCUT2D eigenvalue weighted by molar-refractivity contribution is 6.05. The lowest BCUT2D eigenvalue weighted by Crippen LogP contribution is -2.29. The van der Waals surface area contributed by atoms with E-state index in [0.29, 0.717) is 13.0 Å². The Morgan fingerprint density at radius 2 is 1.48 bits per heavy atom. The van der Waals surface area contributed by atoms with Crippen LogP contribution in [-0.2, 0) is 17.8 Å². The van der Waals surface area contributed by atoms with Gasteiger partial charge >= 0.3 is 0 Å². The first-order chi connectivity index (χ1) is 12.2. The highest BCUT2D eigenvalue weighted by Gasteiger charge is 2.36. The molecule has 0 bridgehead atoms. The summed E-state index contributed by atoms with van der Waals surface area (Å²) in [7, 11) is 0. The second kappa shape index (κ2) is 6.52. The maximum absolute atomic E-state index is 13.1. The number of rotatable bonds is 4. The molecule has 0 aliphatic carbocycles. The average molecular weight is 331 g/mol. The third kappa shape index (κ3) is 3.05. The summed E-state index contributed by atoms with van der Waals surface area (Å²) in [5, 5.41) is 0. The van der Waals surface area contributed by atoms with Gasteiger partial charge in [0, 0.05) is 5.69 Å². The van der Waals surface area contributed by atoms with E-state index in [2.05, 4.69) is 12.1 Å². The number of benzene rings is 3. The van der Waals surface area contributed by atoms with Crippen molar-refractivity contribution in [3.8, 4) is 0 Å². The van der Waals surface area contributed by atoms with Crippen molar-refractivity contribution in [1.82, 2.24) is 0 Å². The van der Waals surface area contributed by atoms with Crippen molar-refractivity contribution in [2.45, 2.75) is 18.9 Å². The summed E-state index contributed by atoms with van der Waals surface area (Å²) in [4.78, 5) is 14.9. The van der Waals surface area contributed by atoms with Crippen molar-refractivity contribution in [3.63, 3.8) is 0 Å². The van der Waals surface area contributed by atoms with Gasteiger partial charge in [0.15, 0.2) is 0 Å². The maximum atomic E-state index is 13.1. The van der Waals surface area contributed by atoms with E-state index in [1.54, 1.807) is 12.1 Å². The van der Waals surface area contributed by atoms with E-state index >= 15 is 0 Å². The Bertz CT molecular complexity index is 889. The SMILES string of the molecule is O=C1C(Cc2ccccc2)c2ccccc2N1Cc1ccc(F)cc1. The Morgan fingerprint density at radius 3 is 2.24 bits per heavy atom. The molecule has 1 aliphatic rings. The van der Waals surface area contributed by atoms with Gasteiger partial charge in [-0.15, -0.1) is 0 Å². The van der Waals surface area contributed by atoms with E-state index in [-0.39, 0.29) is 17.6 Å². The molecule has 2 nitrogen and oxygen atoms in total. The average Bonchev–Trinajstić information content (AvgIpc) is 2.90. The van der Waals surface area contributed by atoms with E-state index in [9.17, 15) is 9.18 Å². The third-order valence-electron chi connectivity index (χ3n) is 4.70. The lowest BCUT2D eigenvalue weighted by Gasteiger charge is -2.18. The summed E-state index contributed by atoms with van der Waals surface area (Å²) in [6.07, 6.45) is 0.691. The number of hydrogen-bond donors (Lipinski definition) is 0. The van der Waals surface area contributed by atoms with Gasteiger partial charge in [0.1, 0.15) is 5.82 Å². The van der Waals surface area contributed by atoms with E-state index in [1.165, 1.54) is 12.1 Å². The number of fused-ring (bicyclic) bond motifs is 1. The molecule has 1 unspecified atom stereocenters. The fourth-order valence-corrected chi connectivity index (χ4v) is 3.45. The quantitative estimate of drug-likeness (QED) is 0.679. The second-order valence-electron chi connectivity index (χ2n) is 6.35. The maximum Gasteiger partial charge on any atom is 0.235 e. The molecule has 1 atom stereocenters. The monoisotopic (exact) mass is 331 g/mol. The topological polar surface area (TPSA) is 20.3 Å². The standard InChI is InChI=1S/C22H18FNO/c23-18-12-10-17(11-13-18)15-24-21-9-5-4-8-19(21)20(22(24)25)14-16-6-2-1-3-7-16/h1-13,20H,14-15H2. The van der Waals surface area contributed by atoms with Gasteiger partial charge in [-0.2, -0.15) is 0 Å². The predicted molar refractivity (Wildman–Crippen MR) is 96.9 cm³/mol. The summed E-state index contributed by atoms with van der Waals surface area (Å²) in [5.41, 5.74) is 4.10. The molecule has 3 aromatic rings. The van der Waals surface area contributed by atoms with Gasteiger partial charge < -0.3 is 4.90 Å². The second-order valence-corrected chi connectivity index (χ2v) is 6.35. The first-order valence-electron chi connectivity index (χ1n) is 8.41. The Morgan fingerprint density at radius 1 is 0.800 bits per heavy atom. The molecule has 3 aromatic carbocycles. The van der Waals surface area contributed by atoms with Crippen molar-refractivity contribution in [3.05, 3.63) is 101 Å². The molecule has 0 fully saturated rings. The Hall–Kier alpha value is -2.94. The summed E-state index contributed by atoms with van der Waals surface area (Å²) in [6, 6.07) is 24.4.